The normalized spacial score (nSPS) is 11.9. The van der Waals surface area contributed by atoms with Gasteiger partial charge in [-0.2, -0.15) is 0 Å². The van der Waals surface area contributed by atoms with Crippen LogP contribution >= 0.6 is 0 Å². The van der Waals surface area contributed by atoms with Crippen LogP contribution in [0.5, 0.6) is 0 Å². The van der Waals surface area contributed by atoms with Gasteiger partial charge in [0.2, 0.25) is 0 Å². The molecular formula is C28H39NSi2. The van der Waals surface area contributed by atoms with E-state index in [2.05, 4.69) is 114 Å². The lowest BCUT2D eigenvalue weighted by Crippen LogP contribution is -2.43. The molecule has 0 saturated carbocycles. The molecule has 0 aliphatic heterocycles. The average Bonchev–Trinajstić information content (AvgIpc) is 2.66. The molecule has 0 spiro atoms. The van der Waals surface area contributed by atoms with Gasteiger partial charge in [0, 0.05) is 16.8 Å². The van der Waals surface area contributed by atoms with Gasteiger partial charge in [0.25, 0.3) is 0 Å². The smallest absolute Gasteiger partial charge is 0.146 e. The van der Waals surface area contributed by atoms with Crippen LogP contribution in [0.3, 0.4) is 0 Å². The average molecular weight is 446 g/mol. The number of hydrogen-bond acceptors (Lipinski definition) is 1. The molecule has 2 aromatic carbocycles. The monoisotopic (exact) mass is 445 g/mol. The lowest BCUT2D eigenvalue weighted by atomic mass is 9.98. The number of nitrogens with two attached hydrogens (primary N) is 1. The summed E-state index contributed by atoms with van der Waals surface area (Å²) in [5, 5.41) is 0. The van der Waals surface area contributed by atoms with Gasteiger partial charge < -0.3 is 5.73 Å². The maximum absolute atomic E-state index is 6.16. The topological polar surface area (TPSA) is 26.0 Å². The molecule has 0 radical (unpaired) electrons. The van der Waals surface area contributed by atoms with Crippen LogP contribution in [0, 0.1) is 22.9 Å². The summed E-state index contributed by atoms with van der Waals surface area (Å²) >= 11 is 0. The van der Waals surface area contributed by atoms with E-state index in [4.69, 9.17) is 5.73 Å². The predicted molar refractivity (Wildman–Crippen MR) is 144 cm³/mol. The van der Waals surface area contributed by atoms with E-state index in [1.807, 2.05) is 12.1 Å². The van der Waals surface area contributed by atoms with Crippen LogP contribution in [-0.4, -0.2) is 16.1 Å². The maximum atomic E-state index is 6.16. The molecule has 0 bridgehead atoms. The maximum Gasteiger partial charge on any atom is 0.146 e. The van der Waals surface area contributed by atoms with Crippen LogP contribution in [0.15, 0.2) is 42.5 Å². The first-order valence-electron chi connectivity index (χ1n) is 11.4. The number of benzene rings is 2. The highest BCUT2D eigenvalue weighted by Gasteiger charge is 2.41. The lowest BCUT2D eigenvalue weighted by molar-refractivity contribution is 0.838. The van der Waals surface area contributed by atoms with Gasteiger partial charge in [-0.1, -0.05) is 91.2 Å². The van der Waals surface area contributed by atoms with Crippen molar-refractivity contribution in [1.82, 2.24) is 0 Å². The van der Waals surface area contributed by atoms with Crippen LogP contribution in [0.25, 0.3) is 11.1 Å². The zero-order valence-electron chi connectivity index (χ0n) is 20.9. The molecule has 0 unspecified atom stereocenters. The first kappa shape index (κ1) is 25.1. The van der Waals surface area contributed by atoms with Gasteiger partial charge in [0.15, 0.2) is 0 Å². The Bertz CT molecular complexity index is 995. The van der Waals surface area contributed by atoms with E-state index >= 15 is 0 Å². The first-order chi connectivity index (χ1) is 14.4. The fourth-order valence-corrected chi connectivity index (χ4v) is 10.3. The number of anilines is 1. The number of rotatable bonds is 4. The molecular weight excluding hydrogens is 406 g/mol. The molecule has 0 saturated heterocycles. The second-order valence-corrected chi connectivity index (χ2v) is 20.9. The quantitative estimate of drug-likeness (QED) is 0.291. The number of hydrogen-bond donors (Lipinski definition) is 1. The van der Waals surface area contributed by atoms with Crippen LogP contribution in [0.2, 0.25) is 36.3 Å². The van der Waals surface area contributed by atoms with Gasteiger partial charge in [0.05, 0.1) is 0 Å². The minimum absolute atomic E-state index is 0.605. The van der Waals surface area contributed by atoms with E-state index in [1.165, 1.54) is 0 Å². The minimum Gasteiger partial charge on any atom is -0.399 e. The Hall–Kier alpha value is -2.21. The van der Waals surface area contributed by atoms with Crippen LogP contribution < -0.4 is 5.73 Å². The third-order valence-electron chi connectivity index (χ3n) is 6.10. The van der Waals surface area contributed by atoms with Gasteiger partial charge in [-0.05, 0) is 52.0 Å². The molecule has 1 nitrogen and oxygen atoms in total. The molecule has 3 heteroatoms. The van der Waals surface area contributed by atoms with Crippen molar-refractivity contribution in [1.29, 1.82) is 0 Å². The molecule has 0 aliphatic carbocycles. The Morgan fingerprint density at radius 1 is 0.710 bits per heavy atom. The van der Waals surface area contributed by atoms with Gasteiger partial charge in [-0.15, -0.1) is 11.1 Å². The van der Waals surface area contributed by atoms with Crippen molar-refractivity contribution in [2.75, 3.05) is 5.73 Å². The highest BCUT2D eigenvalue weighted by atomic mass is 28.3. The summed E-state index contributed by atoms with van der Waals surface area (Å²) in [6, 6.07) is 14.6. The van der Waals surface area contributed by atoms with Crippen molar-refractivity contribution in [3.8, 4) is 34.1 Å². The molecule has 2 N–H and O–H groups in total. The van der Waals surface area contributed by atoms with E-state index in [9.17, 15) is 0 Å². The van der Waals surface area contributed by atoms with Crippen molar-refractivity contribution in [3.63, 3.8) is 0 Å². The summed E-state index contributed by atoms with van der Waals surface area (Å²) in [7, 11) is -3.18. The van der Waals surface area contributed by atoms with E-state index in [0.717, 1.165) is 27.9 Å². The van der Waals surface area contributed by atoms with Gasteiger partial charge >= 0.3 is 0 Å². The lowest BCUT2D eigenvalue weighted by Gasteiger charge is -2.38. The Kier molecular flexibility index (Phi) is 8.04. The Balaban J connectivity index is 2.54. The summed E-state index contributed by atoms with van der Waals surface area (Å²) in [4.78, 5) is 0. The highest BCUT2D eigenvalue weighted by molar-refractivity contribution is 6.90. The molecule has 0 amide bonds. The predicted octanol–water partition coefficient (Wildman–Crippen LogP) is 7.73. The zero-order valence-corrected chi connectivity index (χ0v) is 22.9. The second-order valence-electron chi connectivity index (χ2n) is 10.5. The Labute approximate surface area is 192 Å². The van der Waals surface area contributed by atoms with Crippen molar-refractivity contribution in [3.05, 3.63) is 53.6 Å². The molecule has 0 aromatic heterocycles. The SMILES string of the molecule is CC(C)[Si](C#Cc1cc(N)ccc1-c1ccc(C#C[Si](C)(C)C)cc1)(C(C)C)C(C)C. The third-order valence-corrected chi connectivity index (χ3v) is 13.3. The van der Waals surface area contributed by atoms with Crippen LogP contribution in [0.1, 0.15) is 52.7 Å². The van der Waals surface area contributed by atoms with Crippen molar-refractivity contribution >= 4 is 21.8 Å². The summed E-state index contributed by atoms with van der Waals surface area (Å²) in [6.45, 7) is 20.9. The zero-order chi connectivity index (χ0) is 23.4. The summed E-state index contributed by atoms with van der Waals surface area (Å²) in [5.74, 6) is 6.95. The molecule has 0 heterocycles. The molecule has 2 rings (SSSR count). The first-order valence-corrected chi connectivity index (χ1v) is 17.2. The molecule has 31 heavy (non-hydrogen) atoms. The fraction of sp³-hybridized carbons (Fsp3) is 0.429. The van der Waals surface area contributed by atoms with E-state index in [1.54, 1.807) is 0 Å². The van der Waals surface area contributed by atoms with Crippen LogP contribution in [0.4, 0.5) is 5.69 Å². The summed E-state index contributed by atoms with van der Waals surface area (Å²) in [5.41, 5.74) is 20.4. The fourth-order valence-electron chi connectivity index (χ4n) is 4.52. The molecule has 2 aromatic rings. The molecule has 0 atom stereocenters. The largest absolute Gasteiger partial charge is 0.399 e. The van der Waals surface area contributed by atoms with E-state index < -0.39 is 16.1 Å². The standard InChI is InChI=1S/C28H39NSi2/c1-21(2)31(22(3)4,23(5)6)19-17-26-20-27(29)14-15-28(26)25-12-10-24(11-13-25)16-18-30(7,8)9/h10-15,20-23H,29H2,1-9H3. The Morgan fingerprint density at radius 2 is 1.26 bits per heavy atom. The van der Waals surface area contributed by atoms with Crippen molar-refractivity contribution in [2.24, 2.45) is 0 Å². The number of nitrogen functional groups attached to an aromatic ring is 1. The summed E-state index contributed by atoms with van der Waals surface area (Å²) < 4.78 is 0. The highest BCUT2D eigenvalue weighted by Crippen LogP contribution is 2.41. The molecule has 0 aliphatic rings. The van der Waals surface area contributed by atoms with Gasteiger partial charge in [-0.3, -0.25) is 0 Å². The summed E-state index contributed by atoms with van der Waals surface area (Å²) in [6.07, 6.45) is 0. The van der Waals surface area contributed by atoms with Crippen molar-refractivity contribution < 1.29 is 0 Å². The van der Waals surface area contributed by atoms with Gasteiger partial charge in [-0.25, -0.2) is 0 Å². The Morgan fingerprint density at radius 3 is 1.74 bits per heavy atom. The van der Waals surface area contributed by atoms with Gasteiger partial charge in [0.1, 0.15) is 16.1 Å². The van der Waals surface area contributed by atoms with E-state index in [-0.39, 0.29) is 0 Å². The minimum atomic E-state index is -1.81. The molecule has 0 fully saturated rings. The van der Waals surface area contributed by atoms with E-state index in [0.29, 0.717) is 16.6 Å². The third kappa shape index (κ3) is 6.16. The van der Waals surface area contributed by atoms with Crippen molar-refractivity contribution in [2.45, 2.75) is 77.8 Å². The second kappa shape index (κ2) is 9.94. The van der Waals surface area contributed by atoms with Crippen LogP contribution in [-0.2, 0) is 0 Å². The molecule has 164 valence electrons.